The standard InChI is InChI=1S/C11H10FN3.CH2O2/c12-9-2-1-5-13-10(9)11-14-6-7-15(11)8-3-4-8;2-1-3/h1-2,5-8H,3-4H2;1H,(H,2,3). The zero-order chi connectivity index (χ0) is 13.0. The quantitative estimate of drug-likeness (QED) is 0.828. The fourth-order valence-electron chi connectivity index (χ4n) is 1.69. The van der Waals surface area contributed by atoms with Crippen molar-refractivity contribution in [3.05, 3.63) is 36.5 Å². The minimum Gasteiger partial charge on any atom is -0.483 e. The van der Waals surface area contributed by atoms with Crippen LogP contribution in [-0.2, 0) is 4.79 Å². The van der Waals surface area contributed by atoms with E-state index in [-0.39, 0.29) is 12.3 Å². The molecule has 0 bridgehead atoms. The van der Waals surface area contributed by atoms with Gasteiger partial charge in [-0.05, 0) is 25.0 Å². The van der Waals surface area contributed by atoms with Crippen LogP contribution in [-0.4, -0.2) is 26.1 Å². The first-order chi connectivity index (χ1) is 8.77. The van der Waals surface area contributed by atoms with E-state index in [1.165, 1.54) is 6.07 Å². The molecule has 1 fully saturated rings. The van der Waals surface area contributed by atoms with Gasteiger partial charge in [0.05, 0.1) is 0 Å². The van der Waals surface area contributed by atoms with Gasteiger partial charge in [-0.2, -0.15) is 0 Å². The molecule has 1 aliphatic rings. The van der Waals surface area contributed by atoms with Gasteiger partial charge in [0.1, 0.15) is 5.69 Å². The van der Waals surface area contributed by atoms with Gasteiger partial charge >= 0.3 is 0 Å². The summed E-state index contributed by atoms with van der Waals surface area (Å²) in [5, 5.41) is 6.89. The summed E-state index contributed by atoms with van der Waals surface area (Å²) in [5.41, 5.74) is 0.342. The number of carboxylic acid groups (broad SMARTS) is 1. The fourth-order valence-corrected chi connectivity index (χ4v) is 1.69. The third-order valence-electron chi connectivity index (χ3n) is 2.58. The van der Waals surface area contributed by atoms with E-state index >= 15 is 0 Å². The van der Waals surface area contributed by atoms with Gasteiger partial charge in [-0.1, -0.05) is 0 Å². The predicted molar refractivity (Wildman–Crippen MR) is 62.4 cm³/mol. The van der Waals surface area contributed by atoms with Crippen molar-refractivity contribution < 1.29 is 14.3 Å². The Balaban J connectivity index is 0.000000367. The molecule has 0 spiro atoms. The highest BCUT2D eigenvalue weighted by Crippen LogP contribution is 2.37. The zero-order valence-corrected chi connectivity index (χ0v) is 9.53. The van der Waals surface area contributed by atoms with E-state index in [4.69, 9.17) is 9.90 Å². The van der Waals surface area contributed by atoms with Crippen LogP contribution in [0.3, 0.4) is 0 Å². The average molecular weight is 249 g/mol. The van der Waals surface area contributed by atoms with Crippen LogP contribution in [0.2, 0.25) is 0 Å². The summed E-state index contributed by atoms with van der Waals surface area (Å²) in [4.78, 5) is 16.6. The molecule has 18 heavy (non-hydrogen) atoms. The lowest BCUT2D eigenvalue weighted by atomic mass is 10.3. The maximum atomic E-state index is 13.5. The van der Waals surface area contributed by atoms with Crippen LogP contribution in [0, 0.1) is 5.82 Å². The van der Waals surface area contributed by atoms with Gasteiger partial charge in [-0.3, -0.25) is 4.79 Å². The Morgan fingerprint density at radius 3 is 2.72 bits per heavy atom. The second kappa shape index (κ2) is 5.39. The topological polar surface area (TPSA) is 68.0 Å². The Bertz CT molecular complexity index is 538. The Hall–Kier alpha value is -2.24. The van der Waals surface area contributed by atoms with Crippen molar-refractivity contribution in [1.29, 1.82) is 0 Å². The molecular formula is C12H12FN3O2. The minimum absolute atomic E-state index is 0.250. The Morgan fingerprint density at radius 1 is 1.39 bits per heavy atom. The Kier molecular flexibility index (Phi) is 3.66. The van der Waals surface area contributed by atoms with E-state index < -0.39 is 0 Å². The van der Waals surface area contributed by atoms with Crippen LogP contribution in [0.4, 0.5) is 4.39 Å². The lowest BCUT2D eigenvalue weighted by molar-refractivity contribution is -0.122. The van der Waals surface area contributed by atoms with E-state index in [9.17, 15) is 4.39 Å². The van der Waals surface area contributed by atoms with Crippen molar-refractivity contribution in [1.82, 2.24) is 14.5 Å². The first-order valence-electron chi connectivity index (χ1n) is 5.49. The van der Waals surface area contributed by atoms with Crippen molar-refractivity contribution in [2.75, 3.05) is 0 Å². The lowest BCUT2D eigenvalue weighted by Crippen LogP contribution is -1.99. The molecule has 1 N–H and O–H groups in total. The smallest absolute Gasteiger partial charge is 0.290 e. The second-order valence-corrected chi connectivity index (χ2v) is 3.83. The molecule has 6 heteroatoms. The maximum absolute atomic E-state index is 13.5. The summed E-state index contributed by atoms with van der Waals surface area (Å²) in [6.07, 6.45) is 7.48. The van der Waals surface area contributed by atoms with Crippen LogP contribution in [0.5, 0.6) is 0 Å². The molecule has 0 unspecified atom stereocenters. The van der Waals surface area contributed by atoms with Gasteiger partial charge < -0.3 is 9.67 Å². The second-order valence-electron chi connectivity index (χ2n) is 3.83. The molecule has 2 aromatic heterocycles. The summed E-state index contributed by atoms with van der Waals surface area (Å²) in [6, 6.07) is 3.49. The monoisotopic (exact) mass is 249 g/mol. The van der Waals surface area contributed by atoms with Gasteiger partial charge in [0.25, 0.3) is 6.47 Å². The average Bonchev–Trinajstić information content (AvgIpc) is 3.09. The van der Waals surface area contributed by atoms with Crippen LogP contribution in [0.15, 0.2) is 30.7 Å². The van der Waals surface area contributed by atoms with Crippen LogP contribution in [0.25, 0.3) is 11.5 Å². The largest absolute Gasteiger partial charge is 0.483 e. The molecule has 94 valence electrons. The highest BCUT2D eigenvalue weighted by Gasteiger charge is 2.26. The molecule has 0 amide bonds. The number of halogens is 1. The molecule has 0 saturated heterocycles. The lowest BCUT2D eigenvalue weighted by Gasteiger charge is -2.05. The number of hydrogen-bond acceptors (Lipinski definition) is 3. The van der Waals surface area contributed by atoms with Crippen molar-refractivity contribution in [2.24, 2.45) is 0 Å². The minimum atomic E-state index is -0.314. The van der Waals surface area contributed by atoms with Crippen molar-refractivity contribution in [3.63, 3.8) is 0 Å². The van der Waals surface area contributed by atoms with E-state index in [0.29, 0.717) is 17.6 Å². The van der Waals surface area contributed by atoms with E-state index in [1.807, 2.05) is 10.8 Å². The molecule has 2 aromatic rings. The molecule has 0 atom stereocenters. The molecule has 0 aliphatic heterocycles. The van der Waals surface area contributed by atoms with E-state index in [2.05, 4.69) is 9.97 Å². The molecule has 0 aromatic carbocycles. The van der Waals surface area contributed by atoms with Crippen LogP contribution >= 0.6 is 0 Å². The van der Waals surface area contributed by atoms with E-state index in [1.54, 1.807) is 18.5 Å². The van der Waals surface area contributed by atoms with Gasteiger partial charge in [0.2, 0.25) is 0 Å². The maximum Gasteiger partial charge on any atom is 0.290 e. The van der Waals surface area contributed by atoms with Gasteiger partial charge in [-0.25, -0.2) is 14.4 Å². The number of pyridine rings is 1. The normalized spacial score (nSPS) is 13.6. The Morgan fingerprint density at radius 2 is 2.11 bits per heavy atom. The van der Waals surface area contributed by atoms with Crippen molar-refractivity contribution in [3.8, 4) is 11.5 Å². The van der Waals surface area contributed by atoms with Gasteiger partial charge in [0.15, 0.2) is 11.6 Å². The fraction of sp³-hybridized carbons (Fsp3) is 0.250. The third-order valence-corrected chi connectivity index (χ3v) is 2.58. The zero-order valence-electron chi connectivity index (χ0n) is 9.53. The van der Waals surface area contributed by atoms with Gasteiger partial charge in [0, 0.05) is 24.6 Å². The molecule has 3 rings (SSSR count). The Labute approximate surface area is 103 Å². The molecular weight excluding hydrogens is 237 g/mol. The molecule has 0 radical (unpaired) electrons. The first-order valence-corrected chi connectivity index (χ1v) is 5.49. The summed E-state index contributed by atoms with van der Waals surface area (Å²) < 4.78 is 15.5. The summed E-state index contributed by atoms with van der Waals surface area (Å²) >= 11 is 0. The number of imidazole rings is 1. The van der Waals surface area contributed by atoms with Crippen molar-refractivity contribution >= 4 is 6.47 Å². The van der Waals surface area contributed by atoms with Gasteiger partial charge in [-0.15, -0.1) is 0 Å². The SMILES string of the molecule is Fc1cccnc1-c1nccn1C1CC1.O=CO. The summed E-state index contributed by atoms with van der Waals surface area (Å²) in [6.45, 7) is -0.250. The first kappa shape index (κ1) is 12.2. The predicted octanol–water partition coefficient (Wildman–Crippen LogP) is 2.12. The molecule has 2 heterocycles. The summed E-state index contributed by atoms with van der Waals surface area (Å²) in [5.74, 6) is 0.321. The van der Waals surface area contributed by atoms with Crippen LogP contribution < -0.4 is 0 Å². The van der Waals surface area contributed by atoms with Crippen molar-refractivity contribution in [2.45, 2.75) is 18.9 Å². The third kappa shape index (κ3) is 2.53. The van der Waals surface area contributed by atoms with E-state index in [0.717, 1.165) is 12.8 Å². The molecule has 5 nitrogen and oxygen atoms in total. The number of hydrogen-bond donors (Lipinski definition) is 1. The number of nitrogens with zero attached hydrogens (tertiary/aromatic N) is 3. The molecule has 1 saturated carbocycles. The summed E-state index contributed by atoms with van der Waals surface area (Å²) in [7, 11) is 0. The number of rotatable bonds is 2. The number of carbonyl (C=O) groups is 1. The van der Waals surface area contributed by atoms with Crippen LogP contribution in [0.1, 0.15) is 18.9 Å². The highest BCUT2D eigenvalue weighted by molar-refractivity contribution is 5.50. The molecule has 1 aliphatic carbocycles. The number of aromatic nitrogens is 3. The highest BCUT2D eigenvalue weighted by atomic mass is 19.1.